The normalized spacial score (nSPS) is 15.9. The number of carbonyl (C=O) groups is 2. The number of hydrogen-bond donors (Lipinski definition) is 3. The number of H-pyrrole nitrogens is 2. The molecule has 0 bridgehead atoms. The minimum absolute atomic E-state index is 0.104. The number of para-hydroxylation sites is 2. The van der Waals surface area contributed by atoms with Gasteiger partial charge in [0.1, 0.15) is 11.5 Å². The second-order valence-electron chi connectivity index (χ2n) is 9.77. The number of Topliss-reactive ketones (excluding diaryl/α,β-unsaturated/α-hetero) is 1. The molecule has 2 aromatic carbocycles. The Hall–Kier alpha value is -3.67. The minimum atomic E-state index is -0.348. The van der Waals surface area contributed by atoms with Crippen molar-refractivity contribution in [2.24, 2.45) is 5.41 Å². The largest absolute Gasteiger partial charge is 0.354 e. The molecule has 5 rings (SSSR count). The Balaban J connectivity index is 1.48. The predicted octanol–water partition coefficient (Wildman–Crippen LogP) is 5.07. The van der Waals surface area contributed by atoms with Crippen LogP contribution in [-0.4, -0.2) is 26.6 Å². The number of nitrogens with one attached hydrogen (secondary N) is 3. The van der Waals surface area contributed by atoms with Crippen LogP contribution >= 0.6 is 0 Å². The molecule has 1 atom stereocenters. The third-order valence-electron chi connectivity index (χ3n) is 6.45. The van der Waals surface area contributed by atoms with E-state index in [1.165, 1.54) is 0 Å². The summed E-state index contributed by atoms with van der Waals surface area (Å²) in [6, 6.07) is 17.5. The van der Waals surface area contributed by atoms with Crippen molar-refractivity contribution in [3.63, 3.8) is 0 Å². The van der Waals surface area contributed by atoms with Crippen molar-refractivity contribution in [2.45, 2.75) is 46.1 Å². The van der Waals surface area contributed by atoms with E-state index in [0.29, 0.717) is 29.9 Å². The molecule has 6 nitrogen and oxygen atoms in total. The molecule has 2 heterocycles. The van der Waals surface area contributed by atoms with Crippen molar-refractivity contribution >= 4 is 22.7 Å². The van der Waals surface area contributed by atoms with E-state index in [9.17, 15) is 9.59 Å². The molecule has 0 saturated heterocycles. The van der Waals surface area contributed by atoms with Gasteiger partial charge >= 0.3 is 0 Å². The van der Waals surface area contributed by atoms with Crippen LogP contribution in [0.4, 0.5) is 0 Å². The highest BCUT2D eigenvalue weighted by Crippen LogP contribution is 2.36. The molecule has 0 radical (unpaired) electrons. The molecule has 0 fully saturated rings. The zero-order valence-electron chi connectivity index (χ0n) is 19.2. The van der Waals surface area contributed by atoms with Gasteiger partial charge in [-0.15, -0.1) is 0 Å². The van der Waals surface area contributed by atoms with Gasteiger partial charge in [0.15, 0.2) is 5.78 Å². The van der Waals surface area contributed by atoms with Crippen molar-refractivity contribution in [1.82, 2.24) is 20.3 Å². The highest BCUT2D eigenvalue weighted by atomic mass is 16.2. The second-order valence-corrected chi connectivity index (χ2v) is 9.77. The summed E-state index contributed by atoms with van der Waals surface area (Å²) in [5.74, 6) is 0.584. The topological polar surface area (TPSA) is 90.6 Å². The third-order valence-corrected chi connectivity index (χ3v) is 6.45. The summed E-state index contributed by atoms with van der Waals surface area (Å²) in [5.41, 5.74) is 5.51. The molecule has 3 N–H and O–H groups in total. The lowest BCUT2D eigenvalue weighted by Gasteiger charge is -2.28. The van der Waals surface area contributed by atoms with Gasteiger partial charge in [0.2, 0.25) is 0 Å². The average molecular weight is 441 g/mol. The second kappa shape index (κ2) is 8.03. The number of aromatic amines is 2. The van der Waals surface area contributed by atoms with Gasteiger partial charge in [0.05, 0.1) is 17.1 Å². The lowest BCUT2D eigenvalue weighted by molar-refractivity contribution is 0.0908. The van der Waals surface area contributed by atoms with E-state index >= 15 is 0 Å². The minimum Gasteiger partial charge on any atom is -0.354 e. The van der Waals surface area contributed by atoms with Gasteiger partial charge in [-0.1, -0.05) is 56.3 Å². The Morgan fingerprint density at radius 2 is 1.79 bits per heavy atom. The van der Waals surface area contributed by atoms with Crippen LogP contribution in [0.15, 0.2) is 54.6 Å². The Morgan fingerprint density at radius 1 is 1.06 bits per heavy atom. The van der Waals surface area contributed by atoms with Gasteiger partial charge in [0.25, 0.3) is 5.91 Å². The molecule has 2 aromatic heterocycles. The van der Waals surface area contributed by atoms with Crippen molar-refractivity contribution in [3.05, 3.63) is 88.5 Å². The smallest absolute Gasteiger partial charge is 0.268 e. The number of carbonyl (C=O) groups excluding carboxylic acids is 2. The van der Waals surface area contributed by atoms with Crippen molar-refractivity contribution in [1.29, 1.82) is 0 Å². The van der Waals surface area contributed by atoms with E-state index in [4.69, 9.17) is 4.98 Å². The molecule has 0 spiro atoms. The van der Waals surface area contributed by atoms with Gasteiger partial charge in [-0.3, -0.25) is 9.59 Å². The number of hydrogen-bond acceptors (Lipinski definition) is 3. The van der Waals surface area contributed by atoms with E-state index in [2.05, 4.69) is 29.1 Å². The fourth-order valence-corrected chi connectivity index (χ4v) is 4.89. The highest BCUT2D eigenvalue weighted by molar-refractivity contribution is 6.04. The number of aromatic nitrogens is 3. The molecule has 0 saturated carbocycles. The van der Waals surface area contributed by atoms with Crippen LogP contribution in [0, 0.1) is 12.3 Å². The number of fused-ring (bicyclic) bond motifs is 2. The van der Waals surface area contributed by atoms with Crippen molar-refractivity contribution in [2.75, 3.05) is 0 Å². The molecule has 4 aromatic rings. The fourth-order valence-electron chi connectivity index (χ4n) is 4.89. The number of imidazole rings is 1. The average Bonchev–Trinajstić information content (AvgIpc) is 3.34. The molecule has 0 unspecified atom stereocenters. The molecule has 168 valence electrons. The van der Waals surface area contributed by atoms with Gasteiger partial charge in [0, 0.05) is 17.7 Å². The zero-order valence-corrected chi connectivity index (χ0v) is 19.2. The Kier molecular flexibility index (Phi) is 5.16. The van der Waals surface area contributed by atoms with E-state index in [0.717, 1.165) is 34.3 Å². The summed E-state index contributed by atoms with van der Waals surface area (Å²) in [6.07, 6.45) is 1.84. The molecule has 1 aliphatic rings. The first-order chi connectivity index (χ1) is 15.8. The third kappa shape index (κ3) is 4.09. The molecule has 6 heteroatoms. The highest BCUT2D eigenvalue weighted by Gasteiger charge is 2.35. The van der Waals surface area contributed by atoms with E-state index in [1.807, 2.05) is 61.5 Å². The number of amides is 1. The van der Waals surface area contributed by atoms with Crippen molar-refractivity contribution in [3.8, 4) is 0 Å². The number of ketones is 1. The van der Waals surface area contributed by atoms with Crippen LogP contribution < -0.4 is 5.32 Å². The first kappa shape index (κ1) is 21.2. The summed E-state index contributed by atoms with van der Waals surface area (Å²) >= 11 is 0. The quantitative estimate of drug-likeness (QED) is 0.405. The SMILES string of the molecule is Cc1c(C(=O)N[C@@H](Cc2ccccc2)c2nc3ccccc3[nH]2)[nH]c2c1C(=O)CC(C)(C)C2. The summed E-state index contributed by atoms with van der Waals surface area (Å²) in [4.78, 5) is 37.6. The summed E-state index contributed by atoms with van der Waals surface area (Å²) < 4.78 is 0. The lowest BCUT2D eigenvalue weighted by atomic mass is 9.75. The van der Waals surface area contributed by atoms with E-state index < -0.39 is 0 Å². The maximum Gasteiger partial charge on any atom is 0.268 e. The lowest BCUT2D eigenvalue weighted by Crippen LogP contribution is -2.31. The monoisotopic (exact) mass is 440 g/mol. The van der Waals surface area contributed by atoms with Crippen LogP contribution in [0.3, 0.4) is 0 Å². The van der Waals surface area contributed by atoms with Crippen LogP contribution in [0.5, 0.6) is 0 Å². The molecular weight excluding hydrogens is 412 g/mol. The summed E-state index contributed by atoms with van der Waals surface area (Å²) in [5, 5.41) is 3.17. The summed E-state index contributed by atoms with van der Waals surface area (Å²) in [6.45, 7) is 6.02. The van der Waals surface area contributed by atoms with Crippen LogP contribution in [0.25, 0.3) is 11.0 Å². The maximum atomic E-state index is 13.4. The Labute approximate surface area is 192 Å². The Morgan fingerprint density at radius 3 is 2.55 bits per heavy atom. The zero-order chi connectivity index (χ0) is 23.2. The van der Waals surface area contributed by atoms with Gasteiger partial charge in [-0.25, -0.2) is 4.98 Å². The number of benzene rings is 2. The fraction of sp³-hybridized carbons (Fsp3) is 0.296. The Bertz CT molecular complexity index is 1310. The molecule has 0 aliphatic heterocycles. The van der Waals surface area contributed by atoms with Crippen molar-refractivity contribution < 1.29 is 9.59 Å². The van der Waals surface area contributed by atoms with Gasteiger partial charge in [-0.2, -0.15) is 0 Å². The maximum absolute atomic E-state index is 13.4. The standard InChI is InChI=1S/C27H28N4O2/c1-16-23-21(14-27(2,3)15-22(23)32)28-24(16)26(33)31-20(13-17-9-5-4-6-10-17)25-29-18-11-7-8-12-19(18)30-25/h4-12,20,28H,13-15H2,1-3H3,(H,29,30)(H,31,33)/t20-/m0/s1. The number of nitrogens with zero attached hydrogens (tertiary/aromatic N) is 1. The van der Waals surface area contributed by atoms with E-state index in [-0.39, 0.29) is 23.1 Å². The van der Waals surface area contributed by atoms with Crippen LogP contribution in [-0.2, 0) is 12.8 Å². The summed E-state index contributed by atoms with van der Waals surface area (Å²) in [7, 11) is 0. The molecule has 1 aliphatic carbocycles. The molecular formula is C27H28N4O2. The van der Waals surface area contributed by atoms with Crippen LogP contribution in [0.2, 0.25) is 0 Å². The first-order valence-corrected chi connectivity index (χ1v) is 11.3. The van der Waals surface area contributed by atoms with Crippen LogP contribution in [0.1, 0.15) is 69.8 Å². The predicted molar refractivity (Wildman–Crippen MR) is 128 cm³/mol. The van der Waals surface area contributed by atoms with Gasteiger partial charge < -0.3 is 15.3 Å². The molecule has 33 heavy (non-hydrogen) atoms. The molecule has 1 amide bonds. The van der Waals surface area contributed by atoms with Gasteiger partial charge in [-0.05, 0) is 48.4 Å². The first-order valence-electron chi connectivity index (χ1n) is 11.3. The number of rotatable bonds is 5. The van der Waals surface area contributed by atoms with E-state index in [1.54, 1.807) is 0 Å².